The van der Waals surface area contributed by atoms with Crippen LogP contribution in [0.15, 0.2) is 0 Å². The van der Waals surface area contributed by atoms with Crippen molar-refractivity contribution in [1.82, 2.24) is 4.90 Å². The lowest BCUT2D eigenvalue weighted by atomic mass is 9.82. The highest BCUT2D eigenvalue weighted by molar-refractivity contribution is 5.75. The third-order valence-electron chi connectivity index (χ3n) is 11.5. The minimum atomic E-state index is -0.489. The van der Waals surface area contributed by atoms with Crippen LogP contribution in [-0.4, -0.2) is 62.8 Å². The number of hydrogen-bond donors (Lipinski definition) is 0. The predicted molar refractivity (Wildman–Crippen MR) is 232 cm³/mol. The minimum Gasteiger partial charge on any atom is -0.466 e. The molecule has 1 unspecified atom stereocenters. The van der Waals surface area contributed by atoms with Gasteiger partial charge in [0.2, 0.25) is 0 Å². The van der Waals surface area contributed by atoms with Crippen molar-refractivity contribution < 1.29 is 28.6 Å². The Bertz CT molecular complexity index is 921. The number of carbonyl (C=O) groups excluding carboxylic acids is 3. The van der Waals surface area contributed by atoms with Crippen molar-refractivity contribution in [2.45, 2.75) is 241 Å². The molecular weight excluding hydrogens is 687 g/mol. The fourth-order valence-corrected chi connectivity index (χ4v) is 7.53. The van der Waals surface area contributed by atoms with Crippen LogP contribution in [0.25, 0.3) is 0 Å². The fraction of sp³-hybridized carbons (Fsp3) is 0.938. The average Bonchev–Trinajstić information content (AvgIpc) is 3.13. The second-order valence-electron chi connectivity index (χ2n) is 18.5. The molecule has 0 heterocycles. The zero-order chi connectivity index (χ0) is 41.2. The molecule has 0 aromatic carbocycles. The van der Waals surface area contributed by atoms with Crippen LogP contribution in [0.1, 0.15) is 235 Å². The summed E-state index contributed by atoms with van der Waals surface area (Å²) in [6.07, 6.45) is 30.5. The number of esters is 3. The van der Waals surface area contributed by atoms with Crippen LogP contribution < -0.4 is 0 Å². The molecule has 0 saturated carbocycles. The molecule has 7 heteroatoms. The van der Waals surface area contributed by atoms with Gasteiger partial charge in [-0.15, -0.1) is 0 Å². The number of hydrogen-bond acceptors (Lipinski definition) is 7. The third kappa shape index (κ3) is 33.1. The van der Waals surface area contributed by atoms with E-state index in [4.69, 9.17) is 14.2 Å². The van der Waals surface area contributed by atoms with Crippen LogP contribution >= 0.6 is 0 Å². The van der Waals surface area contributed by atoms with E-state index in [0.717, 1.165) is 109 Å². The summed E-state index contributed by atoms with van der Waals surface area (Å²) in [5.74, 6) is 0.511. The summed E-state index contributed by atoms with van der Waals surface area (Å²) >= 11 is 0. The first-order valence-corrected chi connectivity index (χ1v) is 23.4. The molecule has 0 bridgehead atoms. The van der Waals surface area contributed by atoms with Gasteiger partial charge in [0.15, 0.2) is 0 Å². The minimum absolute atomic E-state index is 0.0731. The van der Waals surface area contributed by atoms with E-state index in [-0.39, 0.29) is 24.0 Å². The fourth-order valence-electron chi connectivity index (χ4n) is 7.53. The second kappa shape index (κ2) is 34.4. The molecule has 0 aromatic rings. The van der Waals surface area contributed by atoms with E-state index in [9.17, 15) is 14.4 Å². The standard InChI is InChI=1S/C48H93NO6/c1-10-13-19-29-42(30-20-14-11-2)31-28-41-54-46(52)48(6,7)38-24-18-22-33-43(55-45(51)35-27-39-49(8)9)32-21-16-17-23-34-44(50)53-40-26-25-37-47(4,5)36-15-12-3/h42-43H,10-41H2,1-9H3. The molecule has 1 atom stereocenters. The molecule has 0 saturated heterocycles. The maximum absolute atomic E-state index is 13.0. The van der Waals surface area contributed by atoms with Gasteiger partial charge in [0.05, 0.1) is 18.6 Å². The Morgan fingerprint density at radius 1 is 0.509 bits per heavy atom. The lowest BCUT2D eigenvalue weighted by molar-refractivity contribution is -0.154. The summed E-state index contributed by atoms with van der Waals surface area (Å²) in [7, 11) is 4.04. The van der Waals surface area contributed by atoms with Gasteiger partial charge in [0.1, 0.15) is 6.10 Å². The zero-order valence-electron chi connectivity index (χ0n) is 38.2. The smallest absolute Gasteiger partial charge is 0.311 e. The highest BCUT2D eigenvalue weighted by atomic mass is 16.5. The number of carbonyl (C=O) groups is 3. The first-order valence-electron chi connectivity index (χ1n) is 23.4. The Kier molecular flexibility index (Phi) is 33.4. The van der Waals surface area contributed by atoms with Gasteiger partial charge in [-0.2, -0.15) is 0 Å². The van der Waals surface area contributed by atoms with Gasteiger partial charge < -0.3 is 19.1 Å². The van der Waals surface area contributed by atoms with E-state index in [1.807, 2.05) is 27.9 Å². The van der Waals surface area contributed by atoms with E-state index < -0.39 is 5.41 Å². The molecule has 0 aromatic heterocycles. The highest BCUT2D eigenvalue weighted by Gasteiger charge is 2.29. The summed E-state index contributed by atoms with van der Waals surface area (Å²) in [6, 6.07) is 0. The Labute approximate surface area is 341 Å². The van der Waals surface area contributed by atoms with Gasteiger partial charge in [-0.05, 0) is 129 Å². The Hall–Kier alpha value is -1.63. The van der Waals surface area contributed by atoms with Gasteiger partial charge >= 0.3 is 17.9 Å². The summed E-state index contributed by atoms with van der Waals surface area (Å²) in [4.78, 5) is 40.0. The second-order valence-corrected chi connectivity index (χ2v) is 18.5. The third-order valence-corrected chi connectivity index (χ3v) is 11.5. The molecule has 0 fully saturated rings. The molecule has 55 heavy (non-hydrogen) atoms. The maximum atomic E-state index is 13.0. The molecule has 0 amide bonds. The molecule has 0 radical (unpaired) electrons. The quantitative estimate of drug-likeness (QED) is 0.0349. The van der Waals surface area contributed by atoms with Crippen LogP contribution in [0.4, 0.5) is 0 Å². The molecule has 0 aliphatic carbocycles. The highest BCUT2D eigenvalue weighted by Crippen LogP contribution is 2.30. The van der Waals surface area contributed by atoms with E-state index in [0.29, 0.717) is 31.5 Å². The first kappa shape index (κ1) is 53.4. The first-order chi connectivity index (χ1) is 26.3. The van der Waals surface area contributed by atoms with Gasteiger partial charge in [0, 0.05) is 12.8 Å². The van der Waals surface area contributed by atoms with Crippen molar-refractivity contribution in [3.8, 4) is 0 Å². The number of nitrogens with zero attached hydrogens (tertiary/aromatic N) is 1. The Morgan fingerprint density at radius 3 is 1.64 bits per heavy atom. The average molecular weight is 780 g/mol. The summed E-state index contributed by atoms with van der Waals surface area (Å²) in [5, 5.41) is 0. The molecule has 326 valence electrons. The molecule has 7 nitrogen and oxygen atoms in total. The predicted octanol–water partition coefficient (Wildman–Crippen LogP) is 13.6. The lowest BCUT2D eigenvalue weighted by Gasteiger charge is -2.24. The van der Waals surface area contributed by atoms with Crippen LogP contribution in [0, 0.1) is 16.7 Å². The number of rotatable bonds is 39. The summed E-state index contributed by atoms with van der Waals surface area (Å²) < 4.78 is 17.3. The van der Waals surface area contributed by atoms with Gasteiger partial charge in [-0.3, -0.25) is 14.4 Å². The monoisotopic (exact) mass is 780 g/mol. The Balaban J connectivity index is 4.52. The van der Waals surface area contributed by atoms with Gasteiger partial charge in [0.25, 0.3) is 0 Å². The number of unbranched alkanes of at least 4 members (excludes halogenated alkanes) is 11. The molecule has 0 N–H and O–H groups in total. The molecule has 0 spiro atoms. The molecule has 0 rings (SSSR count). The van der Waals surface area contributed by atoms with Gasteiger partial charge in [-0.25, -0.2) is 0 Å². The largest absolute Gasteiger partial charge is 0.466 e. The van der Waals surface area contributed by atoms with Crippen LogP contribution in [0.2, 0.25) is 0 Å². The van der Waals surface area contributed by atoms with Crippen LogP contribution in [-0.2, 0) is 28.6 Å². The van der Waals surface area contributed by atoms with E-state index >= 15 is 0 Å². The number of ether oxygens (including phenoxy) is 3. The normalized spacial score (nSPS) is 12.7. The van der Waals surface area contributed by atoms with E-state index in [1.54, 1.807) is 0 Å². The van der Waals surface area contributed by atoms with Crippen LogP contribution in [0.5, 0.6) is 0 Å². The topological polar surface area (TPSA) is 82.1 Å². The molecular formula is C48H93NO6. The Morgan fingerprint density at radius 2 is 1.02 bits per heavy atom. The van der Waals surface area contributed by atoms with Crippen molar-refractivity contribution in [3.05, 3.63) is 0 Å². The lowest BCUT2D eigenvalue weighted by Crippen LogP contribution is -2.27. The van der Waals surface area contributed by atoms with Crippen molar-refractivity contribution in [1.29, 1.82) is 0 Å². The van der Waals surface area contributed by atoms with Crippen molar-refractivity contribution >= 4 is 17.9 Å². The van der Waals surface area contributed by atoms with Gasteiger partial charge in [-0.1, -0.05) is 125 Å². The summed E-state index contributed by atoms with van der Waals surface area (Å²) in [6.45, 7) is 17.4. The van der Waals surface area contributed by atoms with E-state index in [2.05, 4.69) is 39.5 Å². The van der Waals surface area contributed by atoms with Crippen molar-refractivity contribution in [3.63, 3.8) is 0 Å². The molecule has 0 aliphatic rings. The SMILES string of the molecule is CCCCCC(CCCCC)CCCOC(=O)C(C)(C)CCCCCC(CCCCCCC(=O)OCCCCC(C)(C)CCCC)OC(=O)CCCN(C)C. The van der Waals surface area contributed by atoms with Crippen molar-refractivity contribution in [2.75, 3.05) is 33.9 Å². The van der Waals surface area contributed by atoms with E-state index in [1.165, 1.54) is 77.0 Å². The summed E-state index contributed by atoms with van der Waals surface area (Å²) in [5.41, 5.74) is -0.111. The van der Waals surface area contributed by atoms with Crippen molar-refractivity contribution in [2.24, 2.45) is 16.7 Å². The maximum Gasteiger partial charge on any atom is 0.311 e. The zero-order valence-corrected chi connectivity index (χ0v) is 38.2. The molecule has 0 aliphatic heterocycles. The van der Waals surface area contributed by atoms with Crippen LogP contribution in [0.3, 0.4) is 0 Å².